The zero-order valence-corrected chi connectivity index (χ0v) is 16.9. The zero-order chi connectivity index (χ0) is 19.0. The first-order chi connectivity index (χ1) is 13.1. The molecule has 0 N–H and O–H groups in total. The Balaban J connectivity index is 1.77. The van der Waals surface area contributed by atoms with Crippen LogP contribution in [0.1, 0.15) is 32.4 Å². The third-order valence-corrected chi connectivity index (χ3v) is 6.38. The molecule has 0 unspecified atom stereocenters. The molecule has 1 aliphatic heterocycles. The first-order valence-electron chi connectivity index (χ1n) is 8.54. The van der Waals surface area contributed by atoms with Gasteiger partial charge in [-0.05, 0) is 65.4 Å². The number of carbonyl (C=O) groups is 1. The number of methoxy groups -OCH3 is 1. The molecule has 2 heterocycles. The van der Waals surface area contributed by atoms with Crippen LogP contribution in [-0.4, -0.2) is 24.5 Å². The van der Waals surface area contributed by atoms with Gasteiger partial charge in [-0.25, -0.2) is 0 Å². The van der Waals surface area contributed by atoms with Gasteiger partial charge in [-0.1, -0.05) is 29.3 Å². The number of benzene rings is 2. The molecule has 2 aromatic carbocycles. The van der Waals surface area contributed by atoms with E-state index < -0.39 is 0 Å². The summed E-state index contributed by atoms with van der Waals surface area (Å²) in [6.45, 7) is 0.641. The molecule has 1 atom stereocenters. The summed E-state index contributed by atoms with van der Waals surface area (Å²) in [7, 11) is 1.61. The Labute approximate surface area is 172 Å². The molecular weight excluding hydrogens is 401 g/mol. The Morgan fingerprint density at radius 3 is 2.59 bits per heavy atom. The maximum absolute atomic E-state index is 13.3. The minimum atomic E-state index is -0.223. The van der Waals surface area contributed by atoms with Crippen LogP contribution in [0.4, 0.5) is 0 Å². The van der Waals surface area contributed by atoms with E-state index in [1.807, 2.05) is 17.0 Å². The van der Waals surface area contributed by atoms with Crippen molar-refractivity contribution in [2.24, 2.45) is 0 Å². The van der Waals surface area contributed by atoms with Gasteiger partial charge in [0.2, 0.25) is 0 Å². The number of thiophene rings is 1. The molecule has 0 radical (unpaired) electrons. The van der Waals surface area contributed by atoms with Crippen molar-refractivity contribution < 1.29 is 9.53 Å². The quantitative estimate of drug-likeness (QED) is 0.534. The molecule has 3 nitrogen and oxygen atoms in total. The predicted molar refractivity (Wildman–Crippen MR) is 110 cm³/mol. The maximum Gasteiger partial charge on any atom is 0.254 e. The highest BCUT2D eigenvalue weighted by molar-refractivity contribution is 7.10. The fourth-order valence-corrected chi connectivity index (χ4v) is 4.91. The summed E-state index contributed by atoms with van der Waals surface area (Å²) in [5.74, 6) is 0.702. The molecule has 4 rings (SSSR count). The van der Waals surface area contributed by atoms with Crippen molar-refractivity contribution in [3.63, 3.8) is 0 Å². The van der Waals surface area contributed by atoms with E-state index in [0.717, 1.165) is 23.3 Å². The smallest absolute Gasteiger partial charge is 0.254 e. The van der Waals surface area contributed by atoms with Crippen molar-refractivity contribution in [3.8, 4) is 5.75 Å². The molecule has 1 aromatic heterocycles. The first-order valence-corrected chi connectivity index (χ1v) is 10.2. The highest BCUT2D eigenvalue weighted by Crippen LogP contribution is 2.41. The number of carbonyl (C=O) groups excluding carboxylic acids is 1. The third-order valence-electron chi connectivity index (χ3n) is 4.82. The zero-order valence-electron chi connectivity index (χ0n) is 14.6. The van der Waals surface area contributed by atoms with Crippen LogP contribution in [0.3, 0.4) is 0 Å². The predicted octanol–water partition coefficient (Wildman–Crippen LogP) is 5.85. The van der Waals surface area contributed by atoms with Gasteiger partial charge in [-0.2, -0.15) is 0 Å². The Morgan fingerprint density at radius 1 is 1.11 bits per heavy atom. The van der Waals surface area contributed by atoms with Gasteiger partial charge in [-0.3, -0.25) is 4.79 Å². The van der Waals surface area contributed by atoms with Gasteiger partial charge in [-0.15, -0.1) is 11.3 Å². The Hall–Kier alpha value is -2.01. The van der Waals surface area contributed by atoms with E-state index >= 15 is 0 Å². The number of rotatable bonds is 3. The monoisotopic (exact) mass is 417 g/mol. The second-order valence-electron chi connectivity index (χ2n) is 6.34. The second kappa shape index (κ2) is 7.55. The number of amides is 1. The molecule has 0 bridgehead atoms. The lowest BCUT2D eigenvalue weighted by Gasteiger charge is -2.37. The van der Waals surface area contributed by atoms with Crippen LogP contribution in [0.15, 0.2) is 53.9 Å². The molecule has 1 aliphatic rings. The maximum atomic E-state index is 13.3. The van der Waals surface area contributed by atoms with Crippen molar-refractivity contribution in [3.05, 3.63) is 85.5 Å². The van der Waals surface area contributed by atoms with Gasteiger partial charge in [0.15, 0.2) is 0 Å². The summed E-state index contributed by atoms with van der Waals surface area (Å²) in [5.41, 5.74) is 2.66. The normalized spacial score (nSPS) is 16.1. The number of hydrogen-bond donors (Lipinski definition) is 0. The van der Waals surface area contributed by atoms with Crippen LogP contribution in [0, 0.1) is 0 Å². The summed E-state index contributed by atoms with van der Waals surface area (Å²) in [4.78, 5) is 16.5. The van der Waals surface area contributed by atoms with Crippen molar-refractivity contribution in [2.75, 3.05) is 13.7 Å². The van der Waals surface area contributed by atoms with Crippen LogP contribution in [0.25, 0.3) is 0 Å². The van der Waals surface area contributed by atoms with E-state index in [1.54, 1.807) is 48.8 Å². The van der Waals surface area contributed by atoms with Gasteiger partial charge >= 0.3 is 0 Å². The topological polar surface area (TPSA) is 29.5 Å². The molecule has 3 aromatic rings. The minimum Gasteiger partial charge on any atom is -0.497 e. The summed E-state index contributed by atoms with van der Waals surface area (Å²) in [6, 6.07) is 14.5. The standard InChI is InChI=1S/C21H17Cl2NO2S/c1-26-15-5-2-13(3-6-15)21(25)24-10-8-19-17(9-11-27-19)20(24)16-7-4-14(22)12-18(16)23/h2-7,9,11-12,20H,8,10H2,1H3/t20-/m1/s1. The lowest BCUT2D eigenvalue weighted by molar-refractivity contribution is 0.0696. The molecular formula is C21H17Cl2NO2S. The SMILES string of the molecule is COc1ccc(C(=O)N2CCc3sccc3[C@H]2c2ccc(Cl)cc2Cl)cc1. The second-order valence-corrected chi connectivity index (χ2v) is 8.19. The molecule has 1 amide bonds. The van der Waals surface area contributed by atoms with E-state index in [4.69, 9.17) is 27.9 Å². The van der Waals surface area contributed by atoms with Gasteiger partial charge in [0, 0.05) is 27.0 Å². The van der Waals surface area contributed by atoms with Crippen LogP contribution >= 0.6 is 34.5 Å². The van der Waals surface area contributed by atoms with Gasteiger partial charge in [0.05, 0.1) is 13.2 Å². The van der Waals surface area contributed by atoms with E-state index in [9.17, 15) is 4.79 Å². The van der Waals surface area contributed by atoms with E-state index in [0.29, 0.717) is 22.2 Å². The highest BCUT2D eigenvalue weighted by Gasteiger charge is 2.34. The van der Waals surface area contributed by atoms with Crippen LogP contribution in [0.2, 0.25) is 10.0 Å². The Morgan fingerprint density at radius 2 is 1.89 bits per heavy atom. The van der Waals surface area contributed by atoms with Crippen LogP contribution < -0.4 is 4.74 Å². The summed E-state index contributed by atoms with van der Waals surface area (Å²) < 4.78 is 5.19. The highest BCUT2D eigenvalue weighted by atomic mass is 35.5. The van der Waals surface area contributed by atoms with Gasteiger partial charge in [0.1, 0.15) is 5.75 Å². The van der Waals surface area contributed by atoms with Gasteiger partial charge in [0.25, 0.3) is 5.91 Å². The average molecular weight is 418 g/mol. The van der Waals surface area contributed by atoms with E-state index in [1.165, 1.54) is 4.88 Å². The number of hydrogen-bond acceptors (Lipinski definition) is 3. The molecule has 0 saturated carbocycles. The average Bonchev–Trinajstić information content (AvgIpc) is 3.16. The minimum absolute atomic E-state index is 0.0227. The number of fused-ring (bicyclic) bond motifs is 1. The van der Waals surface area contributed by atoms with Gasteiger partial charge < -0.3 is 9.64 Å². The Bertz CT molecular complexity index is 984. The van der Waals surface area contributed by atoms with Crippen LogP contribution in [0.5, 0.6) is 5.75 Å². The van der Waals surface area contributed by atoms with Crippen LogP contribution in [-0.2, 0) is 6.42 Å². The molecule has 6 heteroatoms. The van der Waals surface area contributed by atoms with Crippen molar-refractivity contribution in [2.45, 2.75) is 12.5 Å². The third kappa shape index (κ3) is 3.45. The number of halogens is 2. The first kappa shape index (κ1) is 18.4. The van der Waals surface area contributed by atoms with E-state index in [2.05, 4.69) is 11.4 Å². The fourth-order valence-electron chi connectivity index (χ4n) is 3.49. The molecule has 27 heavy (non-hydrogen) atoms. The molecule has 0 aliphatic carbocycles. The van der Waals surface area contributed by atoms with E-state index in [-0.39, 0.29) is 11.9 Å². The molecule has 138 valence electrons. The molecule has 0 fully saturated rings. The summed E-state index contributed by atoms with van der Waals surface area (Å²) >= 11 is 14.3. The fraction of sp³-hybridized carbons (Fsp3) is 0.190. The largest absolute Gasteiger partial charge is 0.497 e. The number of ether oxygens (including phenoxy) is 1. The lowest BCUT2D eigenvalue weighted by atomic mass is 9.92. The Kier molecular flexibility index (Phi) is 5.13. The van der Waals surface area contributed by atoms with Crippen molar-refractivity contribution >= 4 is 40.4 Å². The molecule has 0 saturated heterocycles. The van der Waals surface area contributed by atoms with Crippen molar-refractivity contribution in [1.29, 1.82) is 0 Å². The summed E-state index contributed by atoms with van der Waals surface area (Å²) in [6.07, 6.45) is 0.844. The lowest BCUT2D eigenvalue weighted by Crippen LogP contribution is -2.40. The van der Waals surface area contributed by atoms with Crippen molar-refractivity contribution in [1.82, 2.24) is 4.90 Å². The summed E-state index contributed by atoms with van der Waals surface area (Å²) in [5, 5.41) is 3.22. The number of nitrogens with zero attached hydrogens (tertiary/aromatic N) is 1. The molecule has 0 spiro atoms.